The fourth-order valence-corrected chi connectivity index (χ4v) is 5.90. The van der Waals surface area contributed by atoms with Gasteiger partial charge >= 0.3 is 0 Å². The summed E-state index contributed by atoms with van der Waals surface area (Å²) < 4.78 is 30.0. The van der Waals surface area contributed by atoms with E-state index in [-0.39, 0.29) is 36.9 Å². The van der Waals surface area contributed by atoms with Crippen molar-refractivity contribution in [2.75, 3.05) is 26.8 Å². The molecular formula is C24H31N3O5S. The SMILES string of the molecule is CC(C)CN(C)C(=O)Cc1ccc(-c2ccc(S(=O)(=O)C3(C(N)=O)CCOCC3)cn2)cc1. The number of hydrogen-bond donors (Lipinski definition) is 1. The van der Waals surface area contributed by atoms with E-state index in [1.165, 1.54) is 12.3 Å². The fourth-order valence-electron chi connectivity index (χ4n) is 4.04. The highest BCUT2D eigenvalue weighted by atomic mass is 32.2. The van der Waals surface area contributed by atoms with E-state index in [9.17, 15) is 18.0 Å². The minimum atomic E-state index is -4.02. The van der Waals surface area contributed by atoms with Crippen LogP contribution in [0, 0.1) is 5.92 Å². The molecular weight excluding hydrogens is 442 g/mol. The van der Waals surface area contributed by atoms with Crippen LogP contribution in [-0.2, 0) is 30.6 Å². The highest BCUT2D eigenvalue weighted by Gasteiger charge is 2.51. The van der Waals surface area contributed by atoms with Gasteiger partial charge in [0.25, 0.3) is 0 Å². The number of primary amides is 1. The van der Waals surface area contributed by atoms with Crippen LogP contribution in [0.1, 0.15) is 32.3 Å². The molecule has 33 heavy (non-hydrogen) atoms. The lowest BCUT2D eigenvalue weighted by atomic mass is 9.98. The van der Waals surface area contributed by atoms with Crippen LogP contribution in [0.15, 0.2) is 47.5 Å². The summed E-state index contributed by atoms with van der Waals surface area (Å²) in [6.07, 6.45) is 1.63. The van der Waals surface area contributed by atoms with Gasteiger partial charge in [-0.15, -0.1) is 0 Å². The zero-order chi connectivity index (χ0) is 24.2. The average molecular weight is 474 g/mol. The first kappa shape index (κ1) is 24.9. The number of hydrogen-bond acceptors (Lipinski definition) is 6. The lowest BCUT2D eigenvalue weighted by molar-refractivity contribution is -0.129. The number of aromatic nitrogens is 1. The highest BCUT2D eigenvalue weighted by Crippen LogP contribution is 2.35. The maximum Gasteiger partial charge on any atom is 0.239 e. The first-order valence-electron chi connectivity index (χ1n) is 11.0. The third kappa shape index (κ3) is 5.25. The molecule has 3 rings (SSSR count). The lowest BCUT2D eigenvalue weighted by Crippen LogP contribution is -2.53. The first-order valence-corrected chi connectivity index (χ1v) is 12.5. The number of benzene rings is 1. The molecule has 0 aliphatic carbocycles. The predicted molar refractivity (Wildman–Crippen MR) is 125 cm³/mol. The van der Waals surface area contributed by atoms with Gasteiger partial charge in [0.1, 0.15) is 0 Å². The van der Waals surface area contributed by atoms with Gasteiger partial charge in [0, 0.05) is 38.6 Å². The number of carbonyl (C=O) groups is 2. The molecule has 178 valence electrons. The number of nitrogens with zero attached hydrogens (tertiary/aromatic N) is 2. The summed E-state index contributed by atoms with van der Waals surface area (Å²) >= 11 is 0. The molecule has 1 aromatic heterocycles. The van der Waals surface area contributed by atoms with Crippen molar-refractivity contribution in [2.24, 2.45) is 11.7 Å². The average Bonchev–Trinajstić information content (AvgIpc) is 2.79. The minimum absolute atomic E-state index is 0.0267. The number of sulfone groups is 1. The van der Waals surface area contributed by atoms with Crippen LogP contribution in [0.4, 0.5) is 0 Å². The van der Waals surface area contributed by atoms with Gasteiger partial charge in [-0.3, -0.25) is 14.6 Å². The van der Waals surface area contributed by atoms with E-state index < -0.39 is 20.5 Å². The second-order valence-electron chi connectivity index (χ2n) is 8.90. The number of pyridine rings is 1. The van der Waals surface area contributed by atoms with Gasteiger partial charge in [-0.1, -0.05) is 38.1 Å². The van der Waals surface area contributed by atoms with E-state index in [1.54, 1.807) is 18.0 Å². The molecule has 2 heterocycles. The number of ether oxygens (including phenoxy) is 1. The summed E-state index contributed by atoms with van der Waals surface area (Å²) in [5.41, 5.74) is 7.79. The molecule has 8 nitrogen and oxygen atoms in total. The summed E-state index contributed by atoms with van der Waals surface area (Å²) in [6, 6.07) is 10.5. The van der Waals surface area contributed by atoms with E-state index in [0.29, 0.717) is 24.6 Å². The zero-order valence-corrected chi connectivity index (χ0v) is 20.1. The third-order valence-electron chi connectivity index (χ3n) is 5.98. The molecule has 2 aromatic rings. The molecule has 2 amide bonds. The molecule has 1 aromatic carbocycles. The Bertz CT molecular complexity index is 1090. The van der Waals surface area contributed by atoms with Gasteiger partial charge in [-0.25, -0.2) is 8.42 Å². The van der Waals surface area contributed by atoms with Gasteiger partial charge in [0.05, 0.1) is 17.0 Å². The molecule has 1 aliphatic rings. The smallest absolute Gasteiger partial charge is 0.239 e. The zero-order valence-electron chi connectivity index (χ0n) is 19.3. The van der Waals surface area contributed by atoms with Crippen molar-refractivity contribution in [1.82, 2.24) is 9.88 Å². The van der Waals surface area contributed by atoms with Crippen molar-refractivity contribution in [1.29, 1.82) is 0 Å². The quantitative estimate of drug-likeness (QED) is 0.628. The molecule has 0 unspecified atom stereocenters. The van der Waals surface area contributed by atoms with E-state index >= 15 is 0 Å². The fraction of sp³-hybridized carbons (Fsp3) is 0.458. The first-order chi connectivity index (χ1) is 15.6. The Kier molecular flexibility index (Phi) is 7.54. The lowest BCUT2D eigenvalue weighted by Gasteiger charge is -2.33. The molecule has 1 fully saturated rings. The molecule has 1 aliphatic heterocycles. The number of nitrogens with two attached hydrogens (primary N) is 1. The Morgan fingerprint density at radius 3 is 2.27 bits per heavy atom. The molecule has 0 bridgehead atoms. The van der Waals surface area contributed by atoms with E-state index in [4.69, 9.17) is 10.5 Å². The molecule has 0 radical (unpaired) electrons. The Morgan fingerprint density at radius 1 is 1.12 bits per heavy atom. The number of carbonyl (C=O) groups excluding carboxylic acids is 2. The van der Waals surface area contributed by atoms with Gasteiger partial charge in [-0.2, -0.15) is 0 Å². The van der Waals surface area contributed by atoms with Crippen molar-refractivity contribution < 1.29 is 22.7 Å². The van der Waals surface area contributed by atoms with Crippen LogP contribution in [0.5, 0.6) is 0 Å². The summed E-state index contributed by atoms with van der Waals surface area (Å²) in [7, 11) is -2.21. The molecule has 0 spiro atoms. The minimum Gasteiger partial charge on any atom is -0.381 e. The summed E-state index contributed by atoms with van der Waals surface area (Å²) in [5.74, 6) is -0.400. The molecule has 0 saturated carbocycles. The van der Waals surface area contributed by atoms with Crippen molar-refractivity contribution in [2.45, 2.75) is 42.8 Å². The molecule has 1 saturated heterocycles. The molecule has 2 N–H and O–H groups in total. The monoisotopic (exact) mass is 473 g/mol. The van der Waals surface area contributed by atoms with Gasteiger partial charge in [-0.05, 0) is 36.5 Å². The van der Waals surface area contributed by atoms with E-state index in [1.807, 2.05) is 24.3 Å². The second-order valence-corrected chi connectivity index (χ2v) is 11.2. The van der Waals surface area contributed by atoms with Crippen LogP contribution < -0.4 is 5.73 Å². The van der Waals surface area contributed by atoms with Crippen molar-refractivity contribution >= 4 is 21.7 Å². The maximum absolute atomic E-state index is 13.2. The Morgan fingerprint density at radius 2 is 1.76 bits per heavy atom. The third-order valence-corrected chi connectivity index (χ3v) is 8.48. The summed E-state index contributed by atoms with van der Waals surface area (Å²) in [4.78, 5) is 30.5. The van der Waals surface area contributed by atoms with Gasteiger partial charge in [0.2, 0.25) is 11.8 Å². The summed E-state index contributed by atoms with van der Waals surface area (Å²) in [6.45, 7) is 5.17. The van der Waals surface area contributed by atoms with Crippen molar-refractivity contribution in [3.05, 3.63) is 48.2 Å². The van der Waals surface area contributed by atoms with Crippen LogP contribution in [0.3, 0.4) is 0 Å². The van der Waals surface area contributed by atoms with Crippen LogP contribution in [0.25, 0.3) is 11.3 Å². The normalized spacial score (nSPS) is 15.9. The van der Waals surface area contributed by atoms with Gasteiger partial charge in [0.15, 0.2) is 14.6 Å². The van der Waals surface area contributed by atoms with Gasteiger partial charge < -0.3 is 15.4 Å². The van der Waals surface area contributed by atoms with E-state index in [2.05, 4.69) is 18.8 Å². The predicted octanol–water partition coefficient (Wildman–Crippen LogP) is 2.21. The largest absolute Gasteiger partial charge is 0.381 e. The topological polar surface area (TPSA) is 120 Å². The molecule has 9 heteroatoms. The standard InChI is InChI=1S/C24H31N3O5S/c1-17(2)16-27(3)22(28)14-18-4-6-19(7-5-18)21-9-8-20(15-26-21)33(30,31)24(23(25)29)10-12-32-13-11-24/h4-9,15,17H,10-14,16H2,1-3H3,(H2,25,29). The van der Waals surface area contributed by atoms with Crippen LogP contribution >= 0.6 is 0 Å². The van der Waals surface area contributed by atoms with Crippen LogP contribution in [0.2, 0.25) is 0 Å². The van der Waals surface area contributed by atoms with E-state index in [0.717, 1.165) is 11.1 Å². The Labute approximate surface area is 195 Å². The maximum atomic E-state index is 13.2. The Hall–Kier alpha value is -2.78. The van der Waals surface area contributed by atoms with Crippen LogP contribution in [-0.4, -0.2) is 61.7 Å². The number of amides is 2. The molecule has 0 atom stereocenters. The van der Waals surface area contributed by atoms with Crippen molar-refractivity contribution in [3.8, 4) is 11.3 Å². The Balaban J connectivity index is 1.76. The highest BCUT2D eigenvalue weighted by molar-refractivity contribution is 7.93. The number of rotatable bonds is 8. The summed E-state index contributed by atoms with van der Waals surface area (Å²) in [5, 5.41) is 0. The number of likely N-dealkylation sites (N-methyl/N-ethyl adjacent to an activating group) is 1. The second kappa shape index (κ2) is 10.0. The van der Waals surface area contributed by atoms with Crippen molar-refractivity contribution in [3.63, 3.8) is 0 Å².